The minimum atomic E-state index is -0.617. The fraction of sp³-hybridized carbons (Fsp3) is 0.217. The summed E-state index contributed by atoms with van der Waals surface area (Å²) >= 11 is 1.72. The van der Waals surface area contributed by atoms with Crippen molar-refractivity contribution in [2.75, 3.05) is 6.61 Å². The van der Waals surface area contributed by atoms with Crippen molar-refractivity contribution in [3.63, 3.8) is 0 Å². The number of thiophene rings is 1. The maximum Gasteiger partial charge on any atom is 0.331 e. The Labute approximate surface area is 173 Å². The molecule has 1 aromatic carbocycles. The lowest BCUT2D eigenvalue weighted by atomic mass is 10.1. The summed E-state index contributed by atoms with van der Waals surface area (Å²) in [6.45, 7) is 4.36. The first kappa shape index (κ1) is 20.7. The maximum atomic E-state index is 12.9. The molecule has 0 atom stereocenters. The number of nitrogens with zero attached hydrogens (tertiary/aromatic N) is 1. The van der Waals surface area contributed by atoms with Gasteiger partial charge in [-0.1, -0.05) is 18.2 Å². The summed E-state index contributed by atoms with van der Waals surface area (Å²) in [6.07, 6.45) is 3.65. The first-order valence-electron chi connectivity index (χ1n) is 9.27. The third-order valence-corrected chi connectivity index (χ3v) is 5.60. The number of aryl methyl sites for hydroxylation is 2. The smallest absolute Gasteiger partial charge is 0.331 e. The van der Waals surface area contributed by atoms with E-state index in [2.05, 4.69) is 16.0 Å². The molecule has 0 saturated carbocycles. The van der Waals surface area contributed by atoms with Crippen molar-refractivity contribution in [2.24, 2.45) is 0 Å². The van der Waals surface area contributed by atoms with Gasteiger partial charge in [-0.25, -0.2) is 9.18 Å². The molecule has 0 fully saturated rings. The molecule has 0 aliphatic rings. The van der Waals surface area contributed by atoms with E-state index in [0.29, 0.717) is 11.1 Å². The van der Waals surface area contributed by atoms with Gasteiger partial charge in [-0.3, -0.25) is 4.79 Å². The normalized spacial score (nSPS) is 11.1. The Morgan fingerprint density at radius 3 is 2.62 bits per heavy atom. The minimum Gasteiger partial charge on any atom is -0.454 e. The highest BCUT2D eigenvalue weighted by atomic mass is 32.1. The number of ether oxygens (including phenoxy) is 1. The molecule has 2 heterocycles. The highest BCUT2D eigenvalue weighted by Gasteiger charge is 2.17. The van der Waals surface area contributed by atoms with Gasteiger partial charge in [0.05, 0.1) is 0 Å². The molecule has 0 radical (unpaired) electrons. The number of esters is 1. The molecule has 0 aliphatic carbocycles. The third-order valence-electron chi connectivity index (χ3n) is 4.66. The van der Waals surface area contributed by atoms with E-state index in [4.69, 9.17) is 4.74 Å². The molecular weight excluding hydrogens is 389 g/mol. The van der Waals surface area contributed by atoms with Crippen LogP contribution in [-0.4, -0.2) is 22.9 Å². The number of rotatable bonds is 8. The summed E-state index contributed by atoms with van der Waals surface area (Å²) in [7, 11) is 0. The van der Waals surface area contributed by atoms with Gasteiger partial charge in [-0.05, 0) is 61.6 Å². The molecule has 3 aromatic rings. The van der Waals surface area contributed by atoms with Gasteiger partial charge in [0.2, 0.25) is 5.78 Å². The summed E-state index contributed by atoms with van der Waals surface area (Å²) in [5.74, 6) is -1.19. The van der Waals surface area contributed by atoms with Crippen molar-refractivity contribution >= 4 is 29.2 Å². The molecular formula is C23H22FNO3S. The number of ketones is 1. The molecule has 0 aliphatic heterocycles. The van der Waals surface area contributed by atoms with E-state index in [1.165, 1.54) is 29.2 Å². The van der Waals surface area contributed by atoms with Crippen LogP contribution in [0.3, 0.4) is 0 Å². The molecule has 4 nitrogen and oxygen atoms in total. The van der Waals surface area contributed by atoms with E-state index in [0.717, 1.165) is 24.4 Å². The van der Waals surface area contributed by atoms with Crippen LogP contribution in [0.25, 0.3) is 6.08 Å². The van der Waals surface area contributed by atoms with Crippen LogP contribution in [0, 0.1) is 19.7 Å². The summed E-state index contributed by atoms with van der Waals surface area (Å²) < 4.78 is 20.1. The van der Waals surface area contributed by atoms with Crippen LogP contribution in [0.15, 0.2) is 53.9 Å². The Hall–Kier alpha value is -2.99. The second-order valence-corrected chi connectivity index (χ2v) is 7.71. The van der Waals surface area contributed by atoms with Crippen molar-refractivity contribution < 1.29 is 18.7 Å². The van der Waals surface area contributed by atoms with Gasteiger partial charge in [0.15, 0.2) is 6.61 Å². The number of halogens is 1. The number of benzene rings is 1. The van der Waals surface area contributed by atoms with Crippen molar-refractivity contribution in [2.45, 2.75) is 26.8 Å². The van der Waals surface area contributed by atoms with Gasteiger partial charge in [0.1, 0.15) is 5.82 Å². The van der Waals surface area contributed by atoms with Crippen LogP contribution in [-0.2, 0) is 22.5 Å². The topological polar surface area (TPSA) is 48.3 Å². The lowest BCUT2D eigenvalue weighted by molar-refractivity contribution is -0.136. The highest BCUT2D eigenvalue weighted by Crippen LogP contribution is 2.18. The van der Waals surface area contributed by atoms with Crippen molar-refractivity contribution in [1.82, 2.24) is 4.57 Å². The molecule has 0 saturated heterocycles. The summed E-state index contributed by atoms with van der Waals surface area (Å²) in [6, 6.07) is 11.7. The zero-order valence-electron chi connectivity index (χ0n) is 16.4. The van der Waals surface area contributed by atoms with E-state index in [1.807, 2.05) is 26.0 Å². The van der Waals surface area contributed by atoms with Gasteiger partial charge < -0.3 is 9.30 Å². The monoisotopic (exact) mass is 411 g/mol. The molecule has 3 rings (SSSR count). The second kappa shape index (κ2) is 9.47. The van der Waals surface area contributed by atoms with E-state index < -0.39 is 5.97 Å². The number of carbonyl (C=O) groups excluding carboxylic acids is 2. The highest BCUT2D eigenvalue weighted by molar-refractivity contribution is 7.09. The van der Waals surface area contributed by atoms with Crippen LogP contribution in [0.1, 0.15) is 32.2 Å². The van der Waals surface area contributed by atoms with Gasteiger partial charge >= 0.3 is 5.97 Å². The SMILES string of the molecule is Cc1cc(C(=O)COC(=O)/C=C/c2ccc(F)cc2)c(C)n1CCc1cccs1. The van der Waals surface area contributed by atoms with Gasteiger partial charge in [-0.15, -0.1) is 11.3 Å². The third kappa shape index (κ3) is 5.51. The van der Waals surface area contributed by atoms with E-state index in [9.17, 15) is 14.0 Å². The predicted molar refractivity (Wildman–Crippen MR) is 113 cm³/mol. The van der Waals surface area contributed by atoms with E-state index in [1.54, 1.807) is 23.5 Å². The maximum absolute atomic E-state index is 12.9. The fourth-order valence-electron chi connectivity index (χ4n) is 3.11. The van der Waals surface area contributed by atoms with Crippen molar-refractivity contribution in [3.05, 3.63) is 87.1 Å². The van der Waals surface area contributed by atoms with Crippen LogP contribution in [0.5, 0.6) is 0 Å². The summed E-state index contributed by atoms with van der Waals surface area (Å²) in [5.41, 5.74) is 3.12. The second-order valence-electron chi connectivity index (χ2n) is 6.68. The fourth-order valence-corrected chi connectivity index (χ4v) is 3.80. The van der Waals surface area contributed by atoms with Crippen LogP contribution in [0.2, 0.25) is 0 Å². The Morgan fingerprint density at radius 2 is 1.93 bits per heavy atom. The standard InChI is InChI=1S/C23H22FNO3S/c1-16-14-21(17(2)25(16)12-11-20-4-3-13-29-20)22(26)15-28-23(27)10-7-18-5-8-19(24)9-6-18/h3-10,13-14H,11-12,15H2,1-2H3/b10-7+. The van der Waals surface area contributed by atoms with Gasteiger partial charge in [0, 0.05) is 34.4 Å². The number of Topliss-reactive ketones (excluding diaryl/α,β-unsaturated/α-hetero) is 1. The lowest BCUT2D eigenvalue weighted by Crippen LogP contribution is -2.14. The predicted octanol–water partition coefficient (Wildman–Crippen LogP) is 4.99. The Balaban J connectivity index is 1.56. The largest absolute Gasteiger partial charge is 0.454 e. The molecule has 0 unspecified atom stereocenters. The van der Waals surface area contributed by atoms with Crippen molar-refractivity contribution in [3.8, 4) is 0 Å². The lowest BCUT2D eigenvalue weighted by Gasteiger charge is -2.09. The Morgan fingerprint density at radius 1 is 1.17 bits per heavy atom. The number of hydrogen-bond donors (Lipinski definition) is 0. The molecule has 0 amide bonds. The molecule has 6 heteroatoms. The number of carbonyl (C=O) groups is 2. The average Bonchev–Trinajstić information content (AvgIpc) is 3.32. The summed E-state index contributed by atoms with van der Waals surface area (Å²) in [5, 5.41) is 2.05. The van der Waals surface area contributed by atoms with Gasteiger partial charge in [0.25, 0.3) is 0 Å². The minimum absolute atomic E-state index is 0.232. The Bertz CT molecular complexity index is 1020. The molecule has 2 aromatic heterocycles. The first-order valence-corrected chi connectivity index (χ1v) is 10.1. The zero-order chi connectivity index (χ0) is 20.8. The molecule has 150 valence electrons. The van der Waals surface area contributed by atoms with E-state index >= 15 is 0 Å². The van der Waals surface area contributed by atoms with Crippen LogP contribution in [0.4, 0.5) is 4.39 Å². The molecule has 0 spiro atoms. The molecule has 0 bridgehead atoms. The number of aromatic nitrogens is 1. The average molecular weight is 411 g/mol. The van der Waals surface area contributed by atoms with Crippen molar-refractivity contribution in [1.29, 1.82) is 0 Å². The zero-order valence-corrected chi connectivity index (χ0v) is 17.2. The van der Waals surface area contributed by atoms with Gasteiger partial charge in [-0.2, -0.15) is 0 Å². The van der Waals surface area contributed by atoms with Crippen LogP contribution < -0.4 is 0 Å². The molecule has 0 N–H and O–H groups in total. The number of hydrogen-bond acceptors (Lipinski definition) is 4. The molecule has 29 heavy (non-hydrogen) atoms. The van der Waals surface area contributed by atoms with Crippen LogP contribution >= 0.6 is 11.3 Å². The quantitative estimate of drug-likeness (QED) is 0.298. The Kier molecular flexibility index (Phi) is 6.77. The first-order chi connectivity index (χ1) is 13.9. The van der Waals surface area contributed by atoms with E-state index in [-0.39, 0.29) is 18.2 Å². The summed E-state index contributed by atoms with van der Waals surface area (Å²) in [4.78, 5) is 25.7.